The first-order valence-electron chi connectivity index (χ1n) is 10.5. The van der Waals surface area contributed by atoms with Crippen LogP contribution in [0.15, 0.2) is 71.8 Å². The van der Waals surface area contributed by atoms with E-state index in [0.29, 0.717) is 0 Å². The second-order valence-electron chi connectivity index (χ2n) is 8.11. The van der Waals surface area contributed by atoms with Crippen molar-refractivity contribution in [2.45, 2.75) is 38.0 Å². The molecule has 5 rings (SSSR count). The van der Waals surface area contributed by atoms with E-state index in [0.717, 1.165) is 57.7 Å². The first-order valence-corrected chi connectivity index (χ1v) is 10.5. The van der Waals surface area contributed by atoms with Gasteiger partial charge in [-0.3, -0.25) is 9.13 Å². The molecule has 0 saturated carbocycles. The third-order valence-corrected chi connectivity index (χ3v) is 6.43. The quantitative estimate of drug-likeness (QED) is 0.670. The fourth-order valence-corrected chi connectivity index (χ4v) is 4.77. The van der Waals surface area contributed by atoms with Crippen LogP contribution in [-0.4, -0.2) is 33.7 Å². The van der Waals surface area contributed by atoms with Crippen molar-refractivity contribution in [1.82, 2.24) is 14.0 Å². The zero-order valence-electron chi connectivity index (χ0n) is 16.7. The number of hydrogen-bond acceptors (Lipinski definition) is 3. The molecule has 1 fully saturated rings. The van der Waals surface area contributed by atoms with Crippen LogP contribution in [0.1, 0.15) is 30.4 Å². The number of aryl methyl sites for hydroxylation is 1. The Bertz CT molecular complexity index is 1030. The van der Waals surface area contributed by atoms with Gasteiger partial charge in [0.05, 0.1) is 17.9 Å². The number of nitrogens with zero attached hydrogens (tertiary/aromatic N) is 3. The highest BCUT2D eigenvalue weighted by Gasteiger charge is 2.42. The largest absolute Gasteiger partial charge is 0.365 e. The predicted molar refractivity (Wildman–Crippen MR) is 113 cm³/mol. The molecule has 1 spiro atoms. The molecule has 3 aromatic rings. The lowest BCUT2D eigenvalue weighted by atomic mass is 9.84. The van der Waals surface area contributed by atoms with Gasteiger partial charge in [0, 0.05) is 32.0 Å². The minimum atomic E-state index is -0.0725. The Labute approximate surface area is 171 Å². The highest BCUT2D eigenvalue weighted by Crippen LogP contribution is 2.43. The van der Waals surface area contributed by atoms with E-state index in [-0.39, 0.29) is 11.3 Å². The minimum absolute atomic E-state index is 0.0322. The molecule has 0 aliphatic carbocycles. The molecule has 1 aromatic heterocycles. The van der Waals surface area contributed by atoms with Crippen LogP contribution in [0, 0.1) is 0 Å². The van der Waals surface area contributed by atoms with E-state index in [2.05, 4.69) is 29.2 Å². The summed E-state index contributed by atoms with van der Waals surface area (Å²) in [6.45, 7) is 4.61. The van der Waals surface area contributed by atoms with Gasteiger partial charge in [-0.1, -0.05) is 42.5 Å². The summed E-state index contributed by atoms with van der Waals surface area (Å²) < 4.78 is 9.78. The lowest BCUT2D eigenvalue weighted by Gasteiger charge is -2.39. The van der Waals surface area contributed by atoms with Crippen molar-refractivity contribution in [3.63, 3.8) is 0 Å². The Hall–Kier alpha value is -2.63. The number of rotatable bonds is 5. The van der Waals surface area contributed by atoms with E-state index in [4.69, 9.17) is 4.74 Å². The van der Waals surface area contributed by atoms with Gasteiger partial charge in [-0.05, 0) is 49.1 Å². The Morgan fingerprint density at radius 3 is 2.48 bits per heavy atom. The van der Waals surface area contributed by atoms with Gasteiger partial charge >= 0.3 is 5.69 Å². The molecule has 2 aliphatic rings. The van der Waals surface area contributed by atoms with E-state index in [9.17, 15) is 4.79 Å². The third kappa shape index (κ3) is 3.45. The number of hydrogen-bond donors (Lipinski definition) is 0. The summed E-state index contributed by atoms with van der Waals surface area (Å²) in [6, 6.07) is 18.4. The first-order chi connectivity index (χ1) is 14.3. The van der Waals surface area contributed by atoms with Gasteiger partial charge in [-0.15, -0.1) is 0 Å². The fraction of sp³-hybridized carbons (Fsp3) is 0.375. The van der Waals surface area contributed by atoms with E-state index in [1.165, 1.54) is 11.1 Å². The maximum absolute atomic E-state index is 12.6. The molecule has 2 aliphatic heterocycles. The molecule has 0 amide bonds. The standard InChI is InChI=1S/C24H27N3O2/c28-23-26(17-18-27(23)21-8-2-1-3-9-21)14-6-13-25-15-11-24(12-16-25)22-10-5-4-7-20(22)19-29-24/h1-5,7-10,17-18H,6,11-16,19H2. The Morgan fingerprint density at radius 1 is 0.897 bits per heavy atom. The summed E-state index contributed by atoms with van der Waals surface area (Å²) >= 11 is 0. The molecule has 29 heavy (non-hydrogen) atoms. The number of imidazole rings is 1. The van der Waals surface area contributed by atoms with Gasteiger partial charge in [0.1, 0.15) is 0 Å². The molecule has 150 valence electrons. The summed E-state index contributed by atoms with van der Waals surface area (Å²) in [5.41, 5.74) is 3.62. The fourth-order valence-electron chi connectivity index (χ4n) is 4.77. The van der Waals surface area contributed by atoms with Crippen molar-refractivity contribution in [1.29, 1.82) is 0 Å². The smallest absolute Gasteiger partial charge is 0.332 e. The topological polar surface area (TPSA) is 39.4 Å². The van der Waals surface area contributed by atoms with Gasteiger partial charge in [-0.25, -0.2) is 4.79 Å². The molecule has 3 heterocycles. The maximum atomic E-state index is 12.6. The lowest BCUT2D eigenvalue weighted by molar-refractivity contribution is -0.0789. The van der Waals surface area contributed by atoms with Gasteiger partial charge in [0.25, 0.3) is 0 Å². The molecule has 5 heteroatoms. The van der Waals surface area contributed by atoms with Crippen LogP contribution in [0.25, 0.3) is 5.69 Å². The van der Waals surface area contributed by atoms with Crippen molar-refractivity contribution < 1.29 is 4.74 Å². The number of benzene rings is 2. The molecule has 5 nitrogen and oxygen atoms in total. The van der Waals surface area contributed by atoms with E-state index in [1.54, 1.807) is 4.57 Å². The van der Waals surface area contributed by atoms with E-state index in [1.807, 2.05) is 47.3 Å². The van der Waals surface area contributed by atoms with Crippen LogP contribution in [0.2, 0.25) is 0 Å². The summed E-state index contributed by atoms with van der Waals surface area (Å²) in [5.74, 6) is 0. The summed E-state index contributed by atoms with van der Waals surface area (Å²) in [6.07, 6.45) is 6.83. The average molecular weight is 389 g/mol. The van der Waals surface area contributed by atoms with Gasteiger partial charge in [0.2, 0.25) is 0 Å². The zero-order chi connectivity index (χ0) is 19.7. The number of para-hydroxylation sites is 1. The first kappa shape index (κ1) is 18.4. The van der Waals surface area contributed by atoms with Crippen LogP contribution < -0.4 is 5.69 Å². The second kappa shape index (κ2) is 7.65. The number of fused-ring (bicyclic) bond motifs is 2. The summed E-state index contributed by atoms with van der Waals surface area (Å²) in [4.78, 5) is 15.1. The molecule has 2 aromatic carbocycles. The maximum Gasteiger partial charge on any atom is 0.332 e. The number of likely N-dealkylation sites (tertiary alicyclic amines) is 1. The highest BCUT2D eigenvalue weighted by molar-refractivity contribution is 5.36. The third-order valence-electron chi connectivity index (χ3n) is 6.43. The zero-order valence-corrected chi connectivity index (χ0v) is 16.7. The normalized spacial score (nSPS) is 18.2. The molecule has 0 radical (unpaired) electrons. The van der Waals surface area contributed by atoms with Crippen molar-refractivity contribution in [2.75, 3.05) is 19.6 Å². The number of piperidine rings is 1. The molecular formula is C24H27N3O2. The van der Waals surface area contributed by atoms with Crippen LogP contribution in [-0.2, 0) is 23.5 Å². The van der Waals surface area contributed by atoms with Gasteiger partial charge in [-0.2, -0.15) is 0 Å². The Morgan fingerprint density at radius 2 is 1.66 bits per heavy atom. The molecule has 0 bridgehead atoms. The van der Waals surface area contributed by atoms with Crippen molar-refractivity contribution in [3.05, 3.63) is 88.6 Å². The molecule has 0 N–H and O–H groups in total. The molecule has 0 unspecified atom stereocenters. The molecule has 1 saturated heterocycles. The number of ether oxygens (including phenoxy) is 1. The highest BCUT2D eigenvalue weighted by atomic mass is 16.5. The minimum Gasteiger partial charge on any atom is -0.365 e. The van der Waals surface area contributed by atoms with E-state index >= 15 is 0 Å². The van der Waals surface area contributed by atoms with Crippen molar-refractivity contribution in [3.8, 4) is 5.69 Å². The Balaban J connectivity index is 1.16. The van der Waals surface area contributed by atoms with Crippen LogP contribution in [0.5, 0.6) is 0 Å². The van der Waals surface area contributed by atoms with E-state index < -0.39 is 0 Å². The van der Waals surface area contributed by atoms with Crippen molar-refractivity contribution >= 4 is 0 Å². The average Bonchev–Trinajstić information content (AvgIpc) is 3.32. The molecule has 0 atom stereocenters. The number of aromatic nitrogens is 2. The summed E-state index contributed by atoms with van der Waals surface area (Å²) in [7, 11) is 0. The SMILES string of the molecule is O=c1n(CCCN2CCC3(CC2)OCc2ccccc23)ccn1-c1ccccc1. The molecular weight excluding hydrogens is 362 g/mol. The van der Waals surface area contributed by atoms with Gasteiger partial charge < -0.3 is 9.64 Å². The Kier molecular flexibility index (Phi) is 4.86. The van der Waals surface area contributed by atoms with Crippen LogP contribution in [0.4, 0.5) is 0 Å². The lowest BCUT2D eigenvalue weighted by Crippen LogP contribution is -2.43. The van der Waals surface area contributed by atoms with Gasteiger partial charge in [0.15, 0.2) is 0 Å². The van der Waals surface area contributed by atoms with Crippen molar-refractivity contribution in [2.24, 2.45) is 0 Å². The predicted octanol–water partition coefficient (Wildman–Crippen LogP) is 3.55. The summed E-state index contributed by atoms with van der Waals surface area (Å²) in [5, 5.41) is 0. The second-order valence-corrected chi connectivity index (χ2v) is 8.11. The van der Waals surface area contributed by atoms with Crippen LogP contribution in [0.3, 0.4) is 0 Å². The monoisotopic (exact) mass is 389 g/mol. The van der Waals surface area contributed by atoms with Crippen LogP contribution >= 0.6 is 0 Å².